The molecule has 0 unspecified atom stereocenters. The largest absolute Gasteiger partial charge is 0.493 e. The number of amides is 1. The van der Waals surface area contributed by atoms with E-state index >= 15 is 0 Å². The molecule has 0 spiro atoms. The van der Waals surface area contributed by atoms with Gasteiger partial charge in [0.25, 0.3) is 5.91 Å². The zero-order valence-corrected chi connectivity index (χ0v) is 18.3. The van der Waals surface area contributed by atoms with E-state index in [4.69, 9.17) is 26.4 Å². The van der Waals surface area contributed by atoms with E-state index in [9.17, 15) is 9.59 Å². The molecule has 1 aliphatic heterocycles. The topological polar surface area (TPSA) is 65.1 Å². The molecule has 30 heavy (non-hydrogen) atoms. The Morgan fingerprint density at radius 1 is 1.17 bits per heavy atom. The van der Waals surface area contributed by atoms with Crippen molar-refractivity contribution in [3.63, 3.8) is 0 Å². The van der Waals surface area contributed by atoms with Crippen LogP contribution in [-0.2, 0) is 20.9 Å². The molecule has 156 valence electrons. The predicted octanol–water partition coefficient (Wildman–Crippen LogP) is 4.04. The second-order valence-electron chi connectivity index (χ2n) is 6.23. The third-order valence-electron chi connectivity index (χ3n) is 4.21. The lowest BCUT2D eigenvalue weighted by molar-refractivity contribution is -0.145. The van der Waals surface area contributed by atoms with Crippen LogP contribution in [0.25, 0.3) is 6.08 Å². The average molecular weight is 444 g/mol. The van der Waals surface area contributed by atoms with Gasteiger partial charge >= 0.3 is 5.97 Å². The smallest absolute Gasteiger partial charge is 0.344 e. The Kier molecular flexibility index (Phi) is 7.48. The number of para-hydroxylation sites is 1. The van der Waals surface area contributed by atoms with Crippen molar-refractivity contribution in [3.8, 4) is 11.5 Å². The van der Waals surface area contributed by atoms with Gasteiger partial charge in [-0.15, -0.1) is 0 Å². The number of carbonyl (C=O) groups excluding carboxylic acids is 2. The summed E-state index contributed by atoms with van der Waals surface area (Å²) in [4.78, 5) is 26.7. The Hall–Kier alpha value is -2.84. The molecule has 1 heterocycles. The Bertz CT molecular complexity index is 975. The molecule has 2 aromatic carbocycles. The van der Waals surface area contributed by atoms with E-state index in [-0.39, 0.29) is 19.1 Å². The monoisotopic (exact) mass is 443 g/mol. The lowest BCUT2D eigenvalue weighted by Crippen LogP contribution is -2.27. The summed E-state index contributed by atoms with van der Waals surface area (Å²) in [6.45, 7) is 2.14. The highest BCUT2D eigenvalue weighted by Gasteiger charge is 2.32. The number of nitrogens with zero attached hydrogens (tertiary/aromatic N) is 1. The number of hydrogen-bond donors (Lipinski definition) is 0. The van der Waals surface area contributed by atoms with Gasteiger partial charge in [-0.3, -0.25) is 9.69 Å². The second-order valence-corrected chi connectivity index (χ2v) is 7.90. The first-order chi connectivity index (χ1) is 14.5. The summed E-state index contributed by atoms with van der Waals surface area (Å²) in [5, 5.41) is 0. The lowest BCUT2D eigenvalue weighted by Gasteiger charge is -2.14. The van der Waals surface area contributed by atoms with Crippen molar-refractivity contribution in [2.45, 2.75) is 13.5 Å². The van der Waals surface area contributed by atoms with E-state index in [0.29, 0.717) is 32.8 Å². The molecular formula is C22H21NO5S2. The molecule has 1 amide bonds. The number of thioether (sulfide) groups is 1. The van der Waals surface area contributed by atoms with Gasteiger partial charge < -0.3 is 14.2 Å². The van der Waals surface area contributed by atoms with Crippen molar-refractivity contribution in [1.82, 2.24) is 4.90 Å². The van der Waals surface area contributed by atoms with Crippen LogP contribution in [-0.4, -0.2) is 41.4 Å². The molecule has 0 atom stereocenters. The molecule has 0 aliphatic carbocycles. The van der Waals surface area contributed by atoms with Crippen LogP contribution in [0.4, 0.5) is 0 Å². The molecule has 8 heteroatoms. The fraction of sp³-hybridized carbons (Fsp3) is 0.227. The van der Waals surface area contributed by atoms with Crippen molar-refractivity contribution in [2.75, 3.05) is 20.3 Å². The van der Waals surface area contributed by atoms with Crippen LogP contribution < -0.4 is 9.47 Å². The fourth-order valence-corrected chi connectivity index (χ4v) is 4.08. The van der Waals surface area contributed by atoms with Gasteiger partial charge in [-0.25, -0.2) is 4.79 Å². The molecule has 3 rings (SSSR count). The third kappa shape index (κ3) is 5.20. The maximum atomic E-state index is 12.9. The van der Waals surface area contributed by atoms with E-state index in [1.807, 2.05) is 30.3 Å². The minimum Gasteiger partial charge on any atom is -0.493 e. The summed E-state index contributed by atoms with van der Waals surface area (Å²) in [7, 11) is 1.51. The molecule has 1 fully saturated rings. The van der Waals surface area contributed by atoms with Crippen molar-refractivity contribution >= 4 is 46.3 Å². The lowest BCUT2D eigenvalue weighted by atomic mass is 10.1. The Morgan fingerprint density at radius 2 is 1.93 bits per heavy atom. The van der Waals surface area contributed by atoms with Crippen LogP contribution in [0.15, 0.2) is 53.4 Å². The zero-order valence-electron chi connectivity index (χ0n) is 16.6. The van der Waals surface area contributed by atoms with E-state index in [1.54, 1.807) is 36.1 Å². The van der Waals surface area contributed by atoms with Gasteiger partial charge in [-0.05, 0) is 24.6 Å². The van der Waals surface area contributed by atoms with E-state index in [1.165, 1.54) is 18.9 Å². The zero-order chi connectivity index (χ0) is 21.5. The highest BCUT2D eigenvalue weighted by atomic mass is 32.2. The van der Waals surface area contributed by atoms with E-state index in [2.05, 4.69) is 0 Å². The number of ether oxygens (including phenoxy) is 3. The standard InChI is InChI=1S/C22H21NO5S2/c1-3-27-19(24)14-28-20-16(10-7-11-17(20)26-2)12-18-21(25)23(22(29)30-18)13-15-8-5-4-6-9-15/h4-12H,3,13-14H2,1-2H3/b18-12-. The van der Waals surface area contributed by atoms with Crippen molar-refractivity contribution in [1.29, 1.82) is 0 Å². The molecule has 0 radical (unpaired) electrons. The number of hydrogen-bond acceptors (Lipinski definition) is 7. The quantitative estimate of drug-likeness (QED) is 0.347. The minimum absolute atomic E-state index is 0.173. The summed E-state index contributed by atoms with van der Waals surface area (Å²) in [5.74, 6) is 0.158. The first-order valence-electron chi connectivity index (χ1n) is 9.28. The molecule has 2 aromatic rings. The first-order valence-corrected chi connectivity index (χ1v) is 10.5. The molecule has 0 saturated carbocycles. The van der Waals surface area contributed by atoms with Crippen LogP contribution in [0.1, 0.15) is 18.1 Å². The number of carbonyl (C=O) groups is 2. The Labute approximate surface area is 184 Å². The van der Waals surface area contributed by atoms with Crippen molar-refractivity contribution < 1.29 is 23.8 Å². The molecular weight excluding hydrogens is 422 g/mol. The van der Waals surface area contributed by atoms with Gasteiger partial charge in [0.15, 0.2) is 18.1 Å². The van der Waals surface area contributed by atoms with Crippen LogP contribution in [0.5, 0.6) is 11.5 Å². The predicted molar refractivity (Wildman–Crippen MR) is 120 cm³/mol. The van der Waals surface area contributed by atoms with E-state index in [0.717, 1.165) is 5.56 Å². The second kappa shape index (κ2) is 10.3. The van der Waals surface area contributed by atoms with Gasteiger partial charge in [-0.1, -0.05) is 66.4 Å². The van der Waals surface area contributed by atoms with Gasteiger partial charge in [0, 0.05) is 5.56 Å². The summed E-state index contributed by atoms with van der Waals surface area (Å²) in [6, 6.07) is 15.0. The van der Waals surface area contributed by atoms with Crippen LogP contribution >= 0.6 is 24.0 Å². The fourth-order valence-electron chi connectivity index (χ4n) is 2.84. The van der Waals surface area contributed by atoms with Gasteiger partial charge in [0.1, 0.15) is 4.32 Å². The number of esters is 1. The summed E-state index contributed by atoms with van der Waals surface area (Å²) >= 11 is 6.65. The molecule has 1 aliphatic rings. The van der Waals surface area contributed by atoms with Crippen LogP contribution in [0.2, 0.25) is 0 Å². The number of benzene rings is 2. The summed E-state index contributed by atoms with van der Waals surface area (Å²) in [5.41, 5.74) is 1.61. The molecule has 6 nitrogen and oxygen atoms in total. The third-order valence-corrected chi connectivity index (χ3v) is 5.59. The highest BCUT2D eigenvalue weighted by Crippen LogP contribution is 2.38. The van der Waals surface area contributed by atoms with Crippen LogP contribution in [0, 0.1) is 0 Å². The molecule has 0 bridgehead atoms. The normalized spacial score (nSPS) is 14.9. The average Bonchev–Trinajstić information content (AvgIpc) is 3.01. The highest BCUT2D eigenvalue weighted by molar-refractivity contribution is 8.26. The van der Waals surface area contributed by atoms with Gasteiger partial charge in [0.2, 0.25) is 0 Å². The number of methoxy groups -OCH3 is 1. The molecule has 0 aromatic heterocycles. The number of thiocarbonyl (C=S) groups is 1. The Morgan fingerprint density at radius 3 is 2.63 bits per heavy atom. The maximum Gasteiger partial charge on any atom is 0.344 e. The van der Waals surface area contributed by atoms with E-state index < -0.39 is 5.97 Å². The Balaban J connectivity index is 1.84. The summed E-state index contributed by atoms with van der Waals surface area (Å²) in [6.07, 6.45) is 1.70. The van der Waals surface area contributed by atoms with Gasteiger partial charge in [-0.2, -0.15) is 0 Å². The van der Waals surface area contributed by atoms with Crippen molar-refractivity contribution in [2.24, 2.45) is 0 Å². The first kappa shape index (κ1) is 21.9. The maximum absolute atomic E-state index is 12.9. The minimum atomic E-state index is -0.483. The molecule has 1 saturated heterocycles. The van der Waals surface area contributed by atoms with Crippen molar-refractivity contribution in [3.05, 3.63) is 64.6 Å². The molecule has 0 N–H and O–H groups in total. The summed E-state index contributed by atoms with van der Waals surface area (Å²) < 4.78 is 16.4. The van der Waals surface area contributed by atoms with Crippen LogP contribution in [0.3, 0.4) is 0 Å². The van der Waals surface area contributed by atoms with Gasteiger partial charge in [0.05, 0.1) is 25.2 Å². The SMILES string of the molecule is CCOC(=O)COc1c(/C=C2\SC(=S)N(Cc3ccccc3)C2=O)cccc1OC. The number of rotatable bonds is 8.